The quantitative estimate of drug-likeness (QED) is 0.226. The molecule has 4 rings (SSSR count). The minimum absolute atomic E-state index is 0.0117. The van der Waals surface area contributed by atoms with E-state index >= 15 is 0 Å². The van der Waals surface area contributed by atoms with Gasteiger partial charge in [-0.3, -0.25) is 4.79 Å². The minimum atomic E-state index is 0.0117. The fraction of sp³-hybridized carbons (Fsp3) is 0.258. The normalized spacial score (nSPS) is 10.8. The fourth-order valence-corrected chi connectivity index (χ4v) is 4.13. The number of carbonyl (C=O) groups excluding carboxylic acids is 1. The van der Waals surface area contributed by atoms with Gasteiger partial charge in [0.15, 0.2) is 0 Å². The molecule has 0 aliphatic heterocycles. The molecule has 0 fully saturated rings. The SMILES string of the molecule is CCCCOc1ccc(C(=O)N(Cc2ccccc2)Cc2cccn2Cc2ccccc2C)cc1. The molecule has 180 valence electrons. The number of ether oxygens (including phenoxy) is 1. The Morgan fingerprint density at radius 2 is 1.60 bits per heavy atom. The minimum Gasteiger partial charge on any atom is -0.494 e. The van der Waals surface area contributed by atoms with Crippen molar-refractivity contribution >= 4 is 5.91 Å². The Kier molecular flexibility index (Phi) is 8.39. The number of benzene rings is 3. The molecule has 4 heteroatoms. The van der Waals surface area contributed by atoms with Gasteiger partial charge in [-0.1, -0.05) is 67.9 Å². The molecule has 35 heavy (non-hydrogen) atoms. The number of unbranched alkanes of at least 4 members (excludes halogenated alkanes) is 1. The van der Waals surface area contributed by atoms with Crippen LogP contribution in [0.25, 0.3) is 0 Å². The van der Waals surface area contributed by atoms with Gasteiger partial charge in [-0.15, -0.1) is 0 Å². The van der Waals surface area contributed by atoms with E-state index in [1.165, 1.54) is 11.1 Å². The molecule has 0 unspecified atom stereocenters. The van der Waals surface area contributed by atoms with Crippen molar-refractivity contribution in [3.8, 4) is 5.75 Å². The van der Waals surface area contributed by atoms with E-state index in [0.29, 0.717) is 25.3 Å². The maximum absolute atomic E-state index is 13.6. The summed E-state index contributed by atoms with van der Waals surface area (Å²) in [7, 11) is 0. The number of hydrogen-bond donors (Lipinski definition) is 0. The Morgan fingerprint density at radius 1 is 0.857 bits per heavy atom. The second-order valence-electron chi connectivity index (χ2n) is 8.93. The maximum Gasteiger partial charge on any atom is 0.254 e. The molecule has 0 bridgehead atoms. The van der Waals surface area contributed by atoms with E-state index in [-0.39, 0.29) is 5.91 Å². The van der Waals surface area contributed by atoms with E-state index in [2.05, 4.69) is 73.1 Å². The molecule has 0 saturated carbocycles. The molecular weight excluding hydrogens is 432 g/mol. The summed E-state index contributed by atoms with van der Waals surface area (Å²) in [6.45, 7) is 6.84. The Morgan fingerprint density at radius 3 is 2.34 bits per heavy atom. The highest BCUT2D eigenvalue weighted by molar-refractivity contribution is 5.94. The predicted octanol–water partition coefficient (Wildman–Crippen LogP) is 6.87. The third-order valence-corrected chi connectivity index (χ3v) is 6.25. The molecular formula is C31H34N2O2. The van der Waals surface area contributed by atoms with Crippen LogP contribution in [0.15, 0.2) is 97.2 Å². The van der Waals surface area contributed by atoms with Gasteiger partial charge in [-0.05, 0) is 66.4 Å². The van der Waals surface area contributed by atoms with Gasteiger partial charge in [0.1, 0.15) is 5.75 Å². The van der Waals surface area contributed by atoms with Crippen molar-refractivity contribution in [3.63, 3.8) is 0 Å². The summed E-state index contributed by atoms with van der Waals surface area (Å²) in [5.74, 6) is 0.814. The van der Waals surface area contributed by atoms with Crippen molar-refractivity contribution in [2.45, 2.75) is 46.3 Å². The molecule has 0 aliphatic rings. The molecule has 1 heterocycles. The monoisotopic (exact) mass is 466 g/mol. The lowest BCUT2D eigenvalue weighted by Gasteiger charge is -2.24. The lowest BCUT2D eigenvalue weighted by atomic mass is 10.1. The Balaban J connectivity index is 1.54. The smallest absolute Gasteiger partial charge is 0.254 e. The number of carbonyl (C=O) groups is 1. The van der Waals surface area contributed by atoms with E-state index in [1.54, 1.807) is 0 Å². The van der Waals surface area contributed by atoms with Crippen LogP contribution >= 0.6 is 0 Å². The highest BCUT2D eigenvalue weighted by Crippen LogP contribution is 2.19. The summed E-state index contributed by atoms with van der Waals surface area (Å²) in [5, 5.41) is 0. The Bertz CT molecular complexity index is 1210. The summed E-state index contributed by atoms with van der Waals surface area (Å²) in [5.41, 5.74) is 5.44. The van der Waals surface area contributed by atoms with Crippen molar-refractivity contribution < 1.29 is 9.53 Å². The summed E-state index contributed by atoms with van der Waals surface area (Å²) in [4.78, 5) is 15.6. The molecule has 0 spiro atoms. The van der Waals surface area contributed by atoms with Crippen LogP contribution in [0.1, 0.15) is 52.5 Å². The van der Waals surface area contributed by atoms with E-state index in [4.69, 9.17) is 4.74 Å². The summed E-state index contributed by atoms with van der Waals surface area (Å²) >= 11 is 0. The molecule has 0 N–H and O–H groups in total. The number of rotatable bonds is 11. The van der Waals surface area contributed by atoms with Gasteiger partial charge in [0, 0.05) is 30.5 Å². The zero-order valence-electron chi connectivity index (χ0n) is 20.7. The molecule has 0 aliphatic carbocycles. The third kappa shape index (κ3) is 6.63. The second-order valence-corrected chi connectivity index (χ2v) is 8.93. The van der Waals surface area contributed by atoms with E-state index < -0.39 is 0 Å². The maximum atomic E-state index is 13.6. The molecule has 1 amide bonds. The lowest BCUT2D eigenvalue weighted by molar-refractivity contribution is 0.0726. The van der Waals surface area contributed by atoms with Gasteiger partial charge in [-0.25, -0.2) is 0 Å². The second kappa shape index (κ2) is 12.1. The van der Waals surface area contributed by atoms with Gasteiger partial charge in [-0.2, -0.15) is 0 Å². The average molecular weight is 467 g/mol. The van der Waals surface area contributed by atoms with Crippen LogP contribution in [-0.2, 0) is 19.6 Å². The van der Waals surface area contributed by atoms with Gasteiger partial charge in [0.2, 0.25) is 0 Å². The van der Waals surface area contributed by atoms with Crippen molar-refractivity contribution in [2.24, 2.45) is 0 Å². The fourth-order valence-electron chi connectivity index (χ4n) is 4.13. The Hall–Kier alpha value is -3.79. The van der Waals surface area contributed by atoms with Crippen molar-refractivity contribution in [2.75, 3.05) is 6.61 Å². The van der Waals surface area contributed by atoms with E-state index in [1.807, 2.05) is 47.4 Å². The number of aryl methyl sites for hydroxylation is 1. The van der Waals surface area contributed by atoms with Gasteiger partial charge in [0.25, 0.3) is 5.91 Å². The Labute approximate surface area is 208 Å². The molecule has 4 aromatic rings. The highest BCUT2D eigenvalue weighted by Gasteiger charge is 2.18. The zero-order valence-corrected chi connectivity index (χ0v) is 20.7. The number of aromatic nitrogens is 1. The molecule has 4 nitrogen and oxygen atoms in total. The molecule has 0 radical (unpaired) electrons. The van der Waals surface area contributed by atoms with Crippen LogP contribution in [0.3, 0.4) is 0 Å². The van der Waals surface area contributed by atoms with Crippen LogP contribution in [0.5, 0.6) is 5.75 Å². The summed E-state index contributed by atoms with van der Waals surface area (Å²) < 4.78 is 8.01. The largest absolute Gasteiger partial charge is 0.494 e. The summed E-state index contributed by atoms with van der Waals surface area (Å²) in [6, 6.07) is 30.3. The molecule has 3 aromatic carbocycles. The standard InChI is InChI=1S/C31H34N2O2/c1-3-4-21-35-30-18-16-27(17-19-30)31(34)33(22-26-12-6-5-7-13-26)24-29-15-10-20-32(29)23-28-14-9-8-11-25(28)2/h5-20H,3-4,21-24H2,1-2H3. The first-order valence-corrected chi connectivity index (χ1v) is 12.4. The van der Waals surface area contributed by atoms with E-state index in [9.17, 15) is 4.79 Å². The lowest BCUT2D eigenvalue weighted by Crippen LogP contribution is -2.31. The highest BCUT2D eigenvalue weighted by atomic mass is 16.5. The van der Waals surface area contributed by atoms with E-state index in [0.717, 1.165) is 36.4 Å². The van der Waals surface area contributed by atoms with Crippen molar-refractivity contribution in [3.05, 3.63) is 125 Å². The molecule has 1 aromatic heterocycles. The first-order valence-electron chi connectivity index (χ1n) is 12.4. The first-order chi connectivity index (χ1) is 17.1. The van der Waals surface area contributed by atoms with Gasteiger partial charge < -0.3 is 14.2 Å². The molecule has 0 saturated heterocycles. The number of amides is 1. The number of nitrogens with zero attached hydrogens (tertiary/aromatic N) is 2. The first kappa shape index (κ1) is 24.3. The zero-order chi connectivity index (χ0) is 24.5. The van der Waals surface area contributed by atoms with Crippen molar-refractivity contribution in [1.82, 2.24) is 9.47 Å². The number of hydrogen-bond acceptors (Lipinski definition) is 2. The van der Waals surface area contributed by atoms with Crippen LogP contribution in [0.2, 0.25) is 0 Å². The van der Waals surface area contributed by atoms with Crippen LogP contribution in [0, 0.1) is 6.92 Å². The average Bonchev–Trinajstić information content (AvgIpc) is 3.32. The van der Waals surface area contributed by atoms with Crippen LogP contribution in [0.4, 0.5) is 0 Å². The van der Waals surface area contributed by atoms with Gasteiger partial charge in [0.05, 0.1) is 13.2 Å². The van der Waals surface area contributed by atoms with Crippen molar-refractivity contribution in [1.29, 1.82) is 0 Å². The predicted molar refractivity (Wildman–Crippen MR) is 142 cm³/mol. The molecule has 0 atom stereocenters. The third-order valence-electron chi connectivity index (χ3n) is 6.25. The van der Waals surface area contributed by atoms with Crippen LogP contribution in [-0.4, -0.2) is 22.0 Å². The van der Waals surface area contributed by atoms with Crippen LogP contribution < -0.4 is 4.74 Å². The topological polar surface area (TPSA) is 34.5 Å². The van der Waals surface area contributed by atoms with Gasteiger partial charge >= 0.3 is 0 Å². The summed E-state index contributed by atoms with van der Waals surface area (Å²) in [6.07, 6.45) is 4.21.